The number of rotatable bonds is 5. The van der Waals surface area contributed by atoms with Gasteiger partial charge in [-0.15, -0.1) is 0 Å². The quantitative estimate of drug-likeness (QED) is 0.672. The number of hydrazone groups is 1. The summed E-state index contributed by atoms with van der Waals surface area (Å²) >= 11 is 0. The van der Waals surface area contributed by atoms with E-state index in [1.165, 1.54) is 0 Å². The number of aryl methyl sites for hydroxylation is 1. The average Bonchev–Trinajstić information content (AvgIpc) is 2.88. The van der Waals surface area contributed by atoms with E-state index in [-0.39, 0.29) is 11.7 Å². The Kier molecular flexibility index (Phi) is 4.55. The van der Waals surface area contributed by atoms with Crippen LogP contribution in [0.1, 0.15) is 28.8 Å². The van der Waals surface area contributed by atoms with E-state index in [4.69, 9.17) is 9.15 Å². The normalized spacial score (nSPS) is 10.7. The predicted octanol–water partition coefficient (Wildman–Crippen LogP) is 2.75. The minimum absolute atomic E-state index is 0.234. The lowest BCUT2D eigenvalue weighted by Gasteiger charge is -2.05. The zero-order valence-electron chi connectivity index (χ0n) is 11.4. The first-order chi connectivity index (χ1) is 9.70. The number of carbonyl (C=O) groups is 1. The molecule has 2 aromatic rings. The summed E-state index contributed by atoms with van der Waals surface area (Å²) in [5.41, 5.74) is 3.21. The van der Waals surface area contributed by atoms with Crippen LogP contribution < -0.4 is 10.2 Å². The average molecular weight is 272 g/mol. The van der Waals surface area contributed by atoms with Crippen LogP contribution in [0.3, 0.4) is 0 Å². The summed E-state index contributed by atoms with van der Waals surface area (Å²) in [5.74, 6) is 1.25. The van der Waals surface area contributed by atoms with Crippen molar-refractivity contribution in [3.63, 3.8) is 0 Å². The maximum absolute atomic E-state index is 11.7. The number of ether oxygens (including phenoxy) is 1. The summed E-state index contributed by atoms with van der Waals surface area (Å²) in [7, 11) is 0. The maximum atomic E-state index is 11.7. The van der Waals surface area contributed by atoms with Crippen LogP contribution in [0.5, 0.6) is 5.75 Å². The third-order valence-electron chi connectivity index (χ3n) is 2.55. The third-order valence-corrected chi connectivity index (χ3v) is 2.55. The van der Waals surface area contributed by atoms with Crippen molar-refractivity contribution in [2.75, 3.05) is 6.61 Å². The largest absolute Gasteiger partial charge is 0.493 e. The summed E-state index contributed by atoms with van der Waals surface area (Å²) in [6.45, 7) is 4.26. The molecule has 1 amide bonds. The zero-order chi connectivity index (χ0) is 14.4. The van der Waals surface area contributed by atoms with E-state index in [9.17, 15) is 4.79 Å². The molecule has 1 N–H and O–H groups in total. The molecule has 1 aromatic heterocycles. The predicted molar refractivity (Wildman–Crippen MR) is 76.1 cm³/mol. The van der Waals surface area contributed by atoms with Crippen LogP contribution in [0.4, 0.5) is 0 Å². The van der Waals surface area contributed by atoms with Crippen LogP contribution >= 0.6 is 0 Å². The van der Waals surface area contributed by atoms with Gasteiger partial charge < -0.3 is 9.15 Å². The van der Waals surface area contributed by atoms with Crippen LogP contribution in [0, 0.1) is 6.92 Å². The molecule has 5 heteroatoms. The molecule has 0 aliphatic carbocycles. The Morgan fingerprint density at radius 3 is 2.85 bits per heavy atom. The van der Waals surface area contributed by atoms with E-state index in [2.05, 4.69) is 10.5 Å². The lowest BCUT2D eigenvalue weighted by molar-refractivity contribution is 0.0926. The van der Waals surface area contributed by atoms with Crippen molar-refractivity contribution < 1.29 is 13.9 Å². The highest BCUT2D eigenvalue weighted by atomic mass is 16.5. The molecule has 0 saturated heterocycles. The van der Waals surface area contributed by atoms with Crippen molar-refractivity contribution >= 4 is 12.1 Å². The van der Waals surface area contributed by atoms with Gasteiger partial charge in [0.05, 0.1) is 12.8 Å². The van der Waals surface area contributed by atoms with Crippen LogP contribution in [0.2, 0.25) is 0 Å². The Bertz CT molecular complexity index is 617. The molecule has 1 aromatic carbocycles. The van der Waals surface area contributed by atoms with Gasteiger partial charge in [0, 0.05) is 5.56 Å². The number of nitrogens with one attached hydrogen (secondary N) is 1. The standard InChI is InChI=1S/C15H16N2O3/c1-3-19-13-7-5-4-6-12(13)10-16-17-15(18)14-9-8-11(2)20-14/h4-10H,3H2,1-2H3,(H,17,18)/b16-10-. The molecule has 0 unspecified atom stereocenters. The summed E-state index contributed by atoms with van der Waals surface area (Å²) in [6, 6.07) is 10.8. The first-order valence-corrected chi connectivity index (χ1v) is 6.32. The van der Waals surface area contributed by atoms with Crippen molar-refractivity contribution in [2.24, 2.45) is 5.10 Å². The molecule has 0 saturated carbocycles. The van der Waals surface area contributed by atoms with E-state index in [1.54, 1.807) is 25.3 Å². The summed E-state index contributed by atoms with van der Waals surface area (Å²) in [4.78, 5) is 11.7. The Morgan fingerprint density at radius 2 is 2.15 bits per heavy atom. The molecule has 5 nitrogen and oxygen atoms in total. The van der Waals surface area contributed by atoms with Crippen molar-refractivity contribution in [3.05, 3.63) is 53.5 Å². The Balaban J connectivity index is 2.01. The van der Waals surface area contributed by atoms with Gasteiger partial charge in [-0.1, -0.05) is 12.1 Å². The molecule has 20 heavy (non-hydrogen) atoms. The fraction of sp³-hybridized carbons (Fsp3) is 0.200. The van der Waals surface area contributed by atoms with Crippen molar-refractivity contribution in [1.82, 2.24) is 5.43 Å². The van der Waals surface area contributed by atoms with E-state index in [0.29, 0.717) is 12.4 Å². The van der Waals surface area contributed by atoms with Gasteiger partial charge in [-0.25, -0.2) is 5.43 Å². The molecule has 104 valence electrons. The Morgan fingerprint density at radius 1 is 1.35 bits per heavy atom. The molecule has 1 heterocycles. The first-order valence-electron chi connectivity index (χ1n) is 6.32. The monoisotopic (exact) mass is 272 g/mol. The minimum atomic E-state index is -0.386. The minimum Gasteiger partial charge on any atom is -0.493 e. The van der Waals surface area contributed by atoms with Gasteiger partial charge in [0.25, 0.3) is 0 Å². The Labute approximate surface area is 117 Å². The molecule has 0 spiro atoms. The van der Waals surface area contributed by atoms with Gasteiger partial charge in [-0.05, 0) is 38.1 Å². The topological polar surface area (TPSA) is 63.8 Å². The summed E-state index contributed by atoms with van der Waals surface area (Å²) in [6.07, 6.45) is 1.54. The van der Waals surface area contributed by atoms with Crippen molar-refractivity contribution in [3.8, 4) is 5.75 Å². The van der Waals surface area contributed by atoms with Gasteiger partial charge in [0.15, 0.2) is 5.76 Å². The highest BCUT2D eigenvalue weighted by Gasteiger charge is 2.08. The SMILES string of the molecule is CCOc1ccccc1/C=N\NC(=O)c1ccc(C)o1. The summed E-state index contributed by atoms with van der Waals surface area (Å²) in [5, 5.41) is 3.91. The number of nitrogens with zero attached hydrogens (tertiary/aromatic N) is 1. The van der Waals surface area contributed by atoms with Gasteiger partial charge in [0.1, 0.15) is 11.5 Å². The molecular formula is C15H16N2O3. The molecule has 0 bridgehead atoms. The summed E-state index contributed by atoms with van der Waals surface area (Å²) < 4.78 is 10.7. The lowest BCUT2D eigenvalue weighted by atomic mass is 10.2. The molecular weight excluding hydrogens is 256 g/mol. The zero-order valence-corrected chi connectivity index (χ0v) is 11.4. The van der Waals surface area contributed by atoms with E-state index >= 15 is 0 Å². The number of hydrogen-bond acceptors (Lipinski definition) is 4. The van der Waals surface area contributed by atoms with E-state index < -0.39 is 0 Å². The Hall–Kier alpha value is -2.56. The molecule has 0 aliphatic heterocycles. The highest BCUT2D eigenvalue weighted by Crippen LogP contribution is 2.15. The van der Waals surface area contributed by atoms with E-state index in [1.807, 2.05) is 31.2 Å². The van der Waals surface area contributed by atoms with Crippen LogP contribution in [0.15, 0.2) is 45.9 Å². The highest BCUT2D eigenvalue weighted by molar-refractivity contribution is 5.92. The third kappa shape index (κ3) is 3.47. The van der Waals surface area contributed by atoms with Gasteiger partial charge in [0.2, 0.25) is 0 Å². The second-order valence-electron chi connectivity index (χ2n) is 4.08. The fourth-order valence-corrected chi connectivity index (χ4v) is 1.65. The molecule has 0 fully saturated rings. The second-order valence-corrected chi connectivity index (χ2v) is 4.08. The molecule has 0 radical (unpaired) electrons. The number of carbonyl (C=O) groups excluding carboxylic acids is 1. The molecule has 0 atom stereocenters. The van der Waals surface area contributed by atoms with E-state index in [0.717, 1.165) is 11.3 Å². The lowest BCUT2D eigenvalue weighted by Crippen LogP contribution is -2.16. The number of amides is 1. The molecule has 2 rings (SSSR count). The van der Waals surface area contributed by atoms with Gasteiger partial charge in [-0.3, -0.25) is 4.79 Å². The fourth-order valence-electron chi connectivity index (χ4n) is 1.65. The van der Waals surface area contributed by atoms with Crippen molar-refractivity contribution in [2.45, 2.75) is 13.8 Å². The van der Waals surface area contributed by atoms with Crippen molar-refractivity contribution in [1.29, 1.82) is 0 Å². The van der Waals surface area contributed by atoms with Crippen LogP contribution in [0.25, 0.3) is 0 Å². The van der Waals surface area contributed by atoms with Gasteiger partial charge in [-0.2, -0.15) is 5.10 Å². The number of para-hydroxylation sites is 1. The number of hydrogen-bond donors (Lipinski definition) is 1. The second kappa shape index (κ2) is 6.56. The number of benzene rings is 1. The smallest absolute Gasteiger partial charge is 0.307 e. The maximum Gasteiger partial charge on any atom is 0.307 e. The van der Waals surface area contributed by atoms with Gasteiger partial charge >= 0.3 is 5.91 Å². The first kappa shape index (κ1) is 13.9. The number of furan rings is 1. The molecule has 0 aliphatic rings. The van der Waals surface area contributed by atoms with Crippen LogP contribution in [-0.2, 0) is 0 Å². The van der Waals surface area contributed by atoms with Crippen LogP contribution in [-0.4, -0.2) is 18.7 Å².